The molecule has 0 radical (unpaired) electrons. The van der Waals surface area contributed by atoms with Gasteiger partial charge < -0.3 is 71.6 Å². The van der Waals surface area contributed by atoms with Crippen LogP contribution in [-0.2, 0) is 14.2 Å². The van der Waals surface area contributed by atoms with Crippen LogP contribution in [0.1, 0.15) is 39.5 Å². The lowest BCUT2D eigenvalue weighted by atomic mass is 9.96. The van der Waals surface area contributed by atoms with Crippen LogP contribution in [0.2, 0.25) is 0 Å². The molecule has 0 aromatic carbocycles. The summed E-state index contributed by atoms with van der Waals surface area (Å²) in [5.41, 5.74) is 3.28. The standard InChI is InChI=1S/C11H15N5O5.C10H15N3O5.C10H14N2O6/c1-11(20)6(18)4(2-17)21-9(11)16-3-13-5-7(16)14-10(12)15-8(5)19;1-10(17)7(15)5(4-14)18-8(10)13-3-2-6(11)12-9(13)16;1-10(17)7(15)5(4-13)18-8(10)12-3-2-6(14)11-9(12)16/h3-4,6,9,17-18,20H,2H2,1H3,(H3,12,14,15,19);2-3,5,7-8,14-15,17H,4H2,1H3,(H2,11,12,16);2-3,5,7-8,13,15,17H,4H2,1H3,(H,11,14,16)/t4-,6+,9-,11?;2*5-,7+,8-,10?/m111/s1. The van der Waals surface area contributed by atoms with Crippen LogP contribution in [0.15, 0.2) is 50.0 Å². The molecule has 4 aromatic heterocycles. The van der Waals surface area contributed by atoms with Crippen LogP contribution in [0, 0.1) is 0 Å². The van der Waals surface area contributed by atoms with Gasteiger partial charge in [0.2, 0.25) is 5.95 Å². The summed E-state index contributed by atoms with van der Waals surface area (Å²) in [6.07, 6.45) is -6.52. The maximum absolute atomic E-state index is 11.7. The molecule has 7 rings (SSSR count). The Hall–Kier alpha value is -4.97. The number of H-pyrrole nitrogens is 2. The Labute approximate surface area is 318 Å². The van der Waals surface area contributed by atoms with Gasteiger partial charge in [-0.15, -0.1) is 0 Å². The van der Waals surface area contributed by atoms with Crippen molar-refractivity contribution in [1.29, 1.82) is 0 Å². The molecule has 0 aliphatic carbocycles. The summed E-state index contributed by atoms with van der Waals surface area (Å²) >= 11 is 0. The molecule has 3 fully saturated rings. The highest BCUT2D eigenvalue weighted by atomic mass is 16.6. The quantitative estimate of drug-likeness (QED) is 0.0860. The van der Waals surface area contributed by atoms with E-state index in [1.165, 1.54) is 43.9 Å². The van der Waals surface area contributed by atoms with E-state index in [0.717, 1.165) is 21.4 Å². The van der Waals surface area contributed by atoms with Gasteiger partial charge in [-0.1, -0.05) is 0 Å². The van der Waals surface area contributed by atoms with Crippen molar-refractivity contribution in [3.63, 3.8) is 0 Å². The second-order valence-electron chi connectivity index (χ2n) is 14.0. The summed E-state index contributed by atoms with van der Waals surface area (Å²) in [5, 5.41) is 87.5. The first-order valence-corrected chi connectivity index (χ1v) is 17.0. The molecule has 7 heterocycles. The minimum atomic E-state index is -1.75. The van der Waals surface area contributed by atoms with E-state index in [2.05, 4.69) is 19.9 Å². The SMILES string of the molecule is CC1(O)[C@@H](O)[C@@H](CO)O[C@H]1n1ccc(=O)[nH]c1=O.CC1(O)[C@@H](O)[C@@H](CO)O[C@H]1n1ccc(N)nc1=O.CC1(O)[C@@H](O)[C@@H](CO)O[C@H]1n1cnc2c(=O)[nH]c(N)nc21. The van der Waals surface area contributed by atoms with E-state index in [4.69, 9.17) is 35.9 Å². The number of imidazole rings is 1. The lowest BCUT2D eigenvalue weighted by Gasteiger charge is -2.27. The number of aromatic amines is 2. The van der Waals surface area contributed by atoms with Gasteiger partial charge in [0.05, 0.1) is 26.1 Å². The molecule has 0 amide bonds. The lowest BCUT2D eigenvalue weighted by Crippen LogP contribution is -2.46. The van der Waals surface area contributed by atoms with Crippen molar-refractivity contribution in [3.05, 3.63) is 72.5 Å². The number of nitrogens with two attached hydrogens (primary N) is 2. The van der Waals surface area contributed by atoms with Gasteiger partial charge in [0.1, 0.15) is 59.2 Å². The molecule has 3 aliphatic rings. The zero-order chi connectivity index (χ0) is 42.4. The number of ether oxygens (including phenoxy) is 3. The summed E-state index contributed by atoms with van der Waals surface area (Å²) in [7, 11) is 0. The maximum atomic E-state index is 11.7. The summed E-state index contributed by atoms with van der Waals surface area (Å²) in [6.45, 7) is 2.55. The summed E-state index contributed by atoms with van der Waals surface area (Å²) in [6, 6.07) is 2.47. The number of fused-ring (bicyclic) bond motifs is 1. The maximum Gasteiger partial charge on any atom is 0.351 e. The van der Waals surface area contributed by atoms with Crippen LogP contribution in [0.3, 0.4) is 0 Å². The molecule has 12 atom stereocenters. The summed E-state index contributed by atoms with van der Waals surface area (Å²) < 4.78 is 19.3. The molecule has 15 N–H and O–H groups in total. The Balaban J connectivity index is 0.000000164. The molecule has 57 heavy (non-hydrogen) atoms. The monoisotopic (exact) mass is 812 g/mol. The minimum Gasteiger partial charge on any atom is -0.394 e. The average molecular weight is 813 g/mol. The van der Waals surface area contributed by atoms with Gasteiger partial charge in [-0.2, -0.15) is 9.97 Å². The van der Waals surface area contributed by atoms with Crippen molar-refractivity contribution < 1.29 is 60.2 Å². The molecule has 3 unspecified atom stereocenters. The number of hydrogen-bond donors (Lipinski definition) is 13. The van der Waals surface area contributed by atoms with Crippen molar-refractivity contribution in [3.8, 4) is 0 Å². The number of aromatic nitrogens is 8. The fourth-order valence-corrected chi connectivity index (χ4v) is 6.50. The molecule has 26 nitrogen and oxygen atoms in total. The minimum absolute atomic E-state index is 0.0329. The van der Waals surface area contributed by atoms with Crippen LogP contribution in [0.4, 0.5) is 11.8 Å². The second-order valence-corrected chi connectivity index (χ2v) is 14.0. The normalized spacial score (nSPS) is 34.8. The van der Waals surface area contributed by atoms with E-state index in [1.807, 2.05) is 4.98 Å². The number of nitrogen functional groups attached to an aromatic ring is 2. The lowest BCUT2D eigenvalue weighted by molar-refractivity contribution is -0.0987. The molecular weight excluding hydrogens is 768 g/mol. The van der Waals surface area contributed by atoms with Crippen molar-refractivity contribution in [2.24, 2.45) is 0 Å². The molecule has 3 aliphatic heterocycles. The molecular formula is C31H44N10O16. The Bertz CT molecular complexity index is 2290. The van der Waals surface area contributed by atoms with Crippen molar-refractivity contribution in [2.75, 3.05) is 31.3 Å². The smallest absolute Gasteiger partial charge is 0.351 e. The van der Waals surface area contributed by atoms with Gasteiger partial charge in [-0.25, -0.2) is 14.6 Å². The number of nitrogens with one attached hydrogen (secondary N) is 2. The number of nitrogens with zero attached hydrogens (tertiary/aromatic N) is 6. The topological polar surface area (TPSA) is 415 Å². The van der Waals surface area contributed by atoms with Crippen molar-refractivity contribution in [1.82, 2.24) is 38.6 Å². The van der Waals surface area contributed by atoms with Gasteiger partial charge >= 0.3 is 11.4 Å². The number of anilines is 2. The number of rotatable bonds is 6. The fourth-order valence-electron chi connectivity index (χ4n) is 6.50. The Morgan fingerprint density at radius 1 is 0.702 bits per heavy atom. The van der Waals surface area contributed by atoms with E-state index in [0.29, 0.717) is 0 Å². The highest BCUT2D eigenvalue weighted by Crippen LogP contribution is 2.40. The second kappa shape index (κ2) is 16.1. The molecule has 26 heteroatoms. The Morgan fingerprint density at radius 2 is 1.16 bits per heavy atom. The van der Waals surface area contributed by atoms with Crippen LogP contribution in [-0.4, -0.2) is 158 Å². The van der Waals surface area contributed by atoms with Gasteiger partial charge in [0.15, 0.2) is 29.8 Å². The third kappa shape index (κ3) is 7.97. The average Bonchev–Trinajstić information content (AvgIpc) is 3.80. The van der Waals surface area contributed by atoms with E-state index in [9.17, 15) is 54.9 Å². The first kappa shape index (κ1) is 43.2. The predicted molar refractivity (Wildman–Crippen MR) is 190 cm³/mol. The third-order valence-electron chi connectivity index (χ3n) is 9.71. The Morgan fingerprint density at radius 3 is 1.60 bits per heavy atom. The van der Waals surface area contributed by atoms with Gasteiger partial charge in [-0.05, 0) is 26.8 Å². The summed E-state index contributed by atoms with van der Waals surface area (Å²) in [4.78, 5) is 61.6. The number of hydrogen-bond acceptors (Lipinski definition) is 21. The van der Waals surface area contributed by atoms with Crippen LogP contribution in [0.25, 0.3) is 11.2 Å². The van der Waals surface area contributed by atoms with Gasteiger partial charge in [0.25, 0.3) is 11.1 Å². The zero-order valence-electron chi connectivity index (χ0n) is 30.4. The fraction of sp³-hybridized carbons (Fsp3) is 0.581. The first-order chi connectivity index (χ1) is 26.6. The molecule has 314 valence electrons. The summed E-state index contributed by atoms with van der Waals surface area (Å²) in [5.74, 6) is -0.0562. The number of aliphatic hydroxyl groups is 9. The van der Waals surface area contributed by atoms with Gasteiger partial charge in [0, 0.05) is 18.5 Å². The highest BCUT2D eigenvalue weighted by molar-refractivity contribution is 5.70. The zero-order valence-corrected chi connectivity index (χ0v) is 30.4. The third-order valence-corrected chi connectivity index (χ3v) is 9.71. The van der Waals surface area contributed by atoms with Crippen molar-refractivity contribution in [2.45, 2.75) is 92.9 Å². The predicted octanol–water partition coefficient (Wildman–Crippen LogP) is -6.93. The van der Waals surface area contributed by atoms with Gasteiger partial charge in [-0.3, -0.25) is 33.3 Å². The first-order valence-electron chi connectivity index (χ1n) is 17.0. The largest absolute Gasteiger partial charge is 0.394 e. The van der Waals surface area contributed by atoms with E-state index in [1.54, 1.807) is 0 Å². The molecule has 4 aromatic rings. The van der Waals surface area contributed by atoms with Crippen molar-refractivity contribution >= 4 is 22.9 Å². The van der Waals surface area contributed by atoms with Crippen LogP contribution >= 0.6 is 0 Å². The van der Waals surface area contributed by atoms with E-state index >= 15 is 0 Å². The highest BCUT2D eigenvalue weighted by Gasteiger charge is 2.55. The van der Waals surface area contributed by atoms with E-state index < -0.39 is 114 Å². The molecule has 0 spiro atoms. The van der Waals surface area contributed by atoms with Crippen LogP contribution < -0.4 is 34.0 Å². The Kier molecular flexibility index (Phi) is 12.2. The molecule has 0 saturated carbocycles. The number of aliphatic hydroxyl groups excluding tert-OH is 6. The molecule has 3 saturated heterocycles. The van der Waals surface area contributed by atoms with Crippen LogP contribution in [0.5, 0.6) is 0 Å². The molecule has 0 bridgehead atoms. The van der Waals surface area contributed by atoms with E-state index in [-0.39, 0.29) is 22.9 Å².